The number of hydrogen-bond acceptors (Lipinski definition) is 3. The van der Waals surface area contributed by atoms with E-state index >= 15 is 0 Å². The monoisotopic (exact) mass is 329 g/mol. The van der Waals surface area contributed by atoms with E-state index in [4.69, 9.17) is 0 Å². The summed E-state index contributed by atoms with van der Waals surface area (Å²) >= 11 is 3.03. The van der Waals surface area contributed by atoms with E-state index in [9.17, 15) is 14.4 Å². The molecule has 0 saturated heterocycles. The van der Waals surface area contributed by atoms with Crippen molar-refractivity contribution in [3.63, 3.8) is 0 Å². The van der Waals surface area contributed by atoms with E-state index in [1.54, 1.807) is 0 Å². The number of amides is 1. The molecule has 0 aromatic carbocycles. The molecule has 1 heterocycles. The van der Waals surface area contributed by atoms with Crippen molar-refractivity contribution in [2.24, 2.45) is 5.92 Å². The molecule has 104 valence electrons. The van der Waals surface area contributed by atoms with Gasteiger partial charge in [-0.3, -0.25) is 19.1 Å². The van der Waals surface area contributed by atoms with Gasteiger partial charge in [0.1, 0.15) is 6.54 Å². The number of nitrogens with zero attached hydrogens (tertiary/aromatic N) is 1. The Bertz CT molecular complexity index is 572. The maximum atomic E-state index is 11.7. The number of carbonyl (C=O) groups is 1. The van der Waals surface area contributed by atoms with Crippen LogP contribution in [0, 0.1) is 5.92 Å². The Morgan fingerprint density at radius 2 is 2.11 bits per heavy atom. The molecule has 1 amide bonds. The lowest BCUT2D eigenvalue weighted by Crippen LogP contribution is -2.37. The number of aromatic nitrogens is 2. The van der Waals surface area contributed by atoms with Gasteiger partial charge in [0.2, 0.25) is 5.91 Å². The number of aromatic amines is 1. The SMILES string of the molecule is O=C(Cn1cc(Br)c(=O)[nH]c1=O)NCC1CCCC1. The van der Waals surface area contributed by atoms with Crippen LogP contribution < -0.4 is 16.6 Å². The minimum absolute atomic E-state index is 0.0824. The smallest absolute Gasteiger partial charge is 0.328 e. The van der Waals surface area contributed by atoms with Gasteiger partial charge in [-0.25, -0.2) is 4.79 Å². The zero-order valence-electron chi connectivity index (χ0n) is 10.4. The van der Waals surface area contributed by atoms with Crippen LogP contribution in [-0.2, 0) is 11.3 Å². The Labute approximate surface area is 118 Å². The predicted molar refractivity (Wildman–Crippen MR) is 74.0 cm³/mol. The first-order valence-electron chi connectivity index (χ1n) is 6.32. The minimum atomic E-state index is -0.579. The lowest BCUT2D eigenvalue weighted by atomic mass is 10.1. The first-order chi connectivity index (χ1) is 9.06. The maximum absolute atomic E-state index is 11.7. The molecule has 6 nitrogen and oxygen atoms in total. The van der Waals surface area contributed by atoms with Gasteiger partial charge in [0.25, 0.3) is 5.56 Å². The Hall–Kier alpha value is -1.37. The van der Waals surface area contributed by atoms with Gasteiger partial charge >= 0.3 is 5.69 Å². The van der Waals surface area contributed by atoms with Crippen molar-refractivity contribution in [3.8, 4) is 0 Å². The van der Waals surface area contributed by atoms with E-state index in [0.29, 0.717) is 12.5 Å². The third kappa shape index (κ3) is 3.79. The van der Waals surface area contributed by atoms with E-state index in [1.807, 2.05) is 0 Å². The molecule has 0 atom stereocenters. The number of rotatable bonds is 4. The summed E-state index contributed by atoms with van der Waals surface area (Å²) in [5.41, 5.74) is -1.07. The first-order valence-corrected chi connectivity index (χ1v) is 7.11. The van der Waals surface area contributed by atoms with Gasteiger partial charge in [0, 0.05) is 12.7 Å². The quantitative estimate of drug-likeness (QED) is 0.848. The lowest BCUT2D eigenvalue weighted by Gasteiger charge is -2.11. The molecule has 1 saturated carbocycles. The van der Waals surface area contributed by atoms with Crippen LogP contribution >= 0.6 is 15.9 Å². The number of H-pyrrole nitrogens is 1. The summed E-state index contributed by atoms with van der Waals surface area (Å²) in [7, 11) is 0. The van der Waals surface area contributed by atoms with Crippen LogP contribution in [0.25, 0.3) is 0 Å². The van der Waals surface area contributed by atoms with E-state index < -0.39 is 11.2 Å². The summed E-state index contributed by atoms with van der Waals surface area (Å²) in [6.45, 7) is 0.582. The van der Waals surface area contributed by atoms with Gasteiger partial charge in [-0.05, 0) is 34.7 Å². The Morgan fingerprint density at radius 1 is 1.42 bits per heavy atom. The third-order valence-electron chi connectivity index (χ3n) is 3.34. The number of halogens is 1. The predicted octanol–water partition coefficient (Wildman–Crippen LogP) is 0.605. The molecule has 0 aliphatic heterocycles. The van der Waals surface area contributed by atoms with Crippen LogP contribution in [0.2, 0.25) is 0 Å². The average Bonchev–Trinajstić information content (AvgIpc) is 2.86. The zero-order valence-corrected chi connectivity index (χ0v) is 12.0. The lowest BCUT2D eigenvalue weighted by molar-refractivity contribution is -0.121. The fraction of sp³-hybridized carbons (Fsp3) is 0.583. The molecule has 1 aliphatic carbocycles. The summed E-state index contributed by atoms with van der Waals surface area (Å²) in [6.07, 6.45) is 6.10. The fourth-order valence-electron chi connectivity index (χ4n) is 2.28. The van der Waals surface area contributed by atoms with Gasteiger partial charge in [-0.2, -0.15) is 0 Å². The second-order valence-corrected chi connectivity index (χ2v) is 5.67. The molecule has 1 aromatic rings. The second kappa shape index (κ2) is 6.18. The van der Waals surface area contributed by atoms with Crippen LogP contribution in [0.5, 0.6) is 0 Å². The third-order valence-corrected chi connectivity index (χ3v) is 3.91. The molecule has 2 rings (SSSR count). The molecular formula is C12H16BrN3O3. The topological polar surface area (TPSA) is 84.0 Å². The molecule has 1 fully saturated rings. The van der Waals surface area contributed by atoms with Crippen molar-refractivity contribution in [3.05, 3.63) is 31.5 Å². The molecule has 0 unspecified atom stereocenters. The molecular weight excluding hydrogens is 314 g/mol. The van der Waals surface area contributed by atoms with Crippen molar-refractivity contribution in [1.82, 2.24) is 14.9 Å². The highest BCUT2D eigenvalue weighted by atomic mass is 79.9. The summed E-state index contributed by atoms with van der Waals surface area (Å²) in [6, 6.07) is 0. The summed E-state index contributed by atoms with van der Waals surface area (Å²) < 4.78 is 1.41. The molecule has 19 heavy (non-hydrogen) atoms. The molecule has 1 aliphatic rings. The number of nitrogens with one attached hydrogen (secondary N) is 2. The van der Waals surface area contributed by atoms with Crippen molar-refractivity contribution in [2.75, 3.05) is 6.54 Å². The van der Waals surface area contributed by atoms with Gasteiger partial charge in [0.05, 0.1) is 4.47 Å². The normalized spacial score (nSPS) is 15.6. The molecule has 1 aromatic heterocycles. The Balaban J connectivity index is 1.93. The summed E-state index contributed by atoms with van der Waals surface area (Å²) in [5.74, 6) is 0.343. The van der Waals surface area contributed by atoms with E-state index in [2.05, 4.69) is 26.2 Å². The van der Waals surface area contributed by atoms with Crippen molar-refractivity contribution in [2.45, 2.75) is 32.2 Å². The first kappa shape index (κ1) is 14.0. The second-order valence-electron chi connectivity index (χ2n) is 4.82. The van der Waals surface area contributed by atoms with E-state index in [-0.39, 0.29) is 16.9 Å². The van der Waals surface area contributed by atoms with E-state index in [0.717, 1.165) is 12.8 Å². The molecule has 0 radical (unpaired) electrons. The minimum Gasteiger partial charge on any atom is -0.354 e. The van der Waals surface area contributed by atoms with Crippen LogP contribution in [0.15, 0.2) is 20.3 Å². The van der Waals surface area contributed by atoms with Crippen molar-refractivity contribution >= 4 is 21.8 Å². The highest BCUT2D eigenvalue weighted by Gasteiger charge is 2.16. The number of hydrogen-bond donors (Lipinski definition) is 2. The Kier molecular flexibility index (Phi) is 4.57. The van der Waals surface area contributed by atoms with E-state index in [1.165, 1.54) is 23.6 Å². The standard InChI is InChI=1S/C12H16BrN3O3/c13-9-6-16(12(19)15-11(9)18)7-10(17)14-5-8-3-1-2-4-8/h6,8H,1-5,7H2,(H,14,17)(H,15,18,19). The number of carbonyl (C=O) groups excluding carboxylic acids is 1. The van der Waals surface area contributed by atoms with Crippen molar-refractivity contribution in [1.29, 1.82) is 0 Å². The summed E-state index contributed by atoms with van der Waals surface area (Å²) in [4.78, 5) is 36.5. The van der Waals surface area contributed by atoms with Crippen LogP contribution in [0.3, 0.4) is 0 Å². The fourth-order valence-corrected chi connectivity index (χ4v) is 2.63. The van der Waals surface area contributed by atoms with Crippen LogP contribution in [0.1, 0.15) is 25.7 Å². The van der Waals surface area contributed by atoms with Gasteiger partial charge in [-0.15, -0.1) is 0 Å². The van der Waals surface area contributed by atoms with Gasteiger partial charge < -0.3 is 5.32 Å². The van der Waals surface area contributed by atoms with Gasteiger partial charge in [0.15, 0.2) is 0 Å². The maximum Gasteiger partial charge on any atom is 0.328 e. The largest absolute Gasteiger partial charge is 0.354 e. The highest BCUT2D eigenvalue weighted by molar-refractivity contribution is 9.10. The van der Waals surface area contributed by atoms with Gasteiger partial charge in [-0.1, -0.05) is 12.8 Å². The highest BCUT2D eigenvalue weighted by Crippen LogP contribution is 2.23. The molecule has 0 bridgehead atoms. The molecule has 0 spiro atoms. The average molecular weight is 330 g/mol. The van der Waals surface area contributed by atoms with Crippen LogP contribution in [0.4, 0.5) is 0 Å². The summed E-state index contributed by atoms with van der Waals surface area (Å²) in [5, 5.41) is 2.83. The Morgan fingerprint density at radius 3 is 2.79 bits per heavy atom. The van der Waals surface area contributed by atoms with Crippen LogP contribution in [-0.4, -0.2) is 22.0 Å². The molecule has 2 N–H and O–H groups in total. The van der Waals surface area contributed by atoms with Crippen molar-refractivity contribution < 1.29 is 4.79 Å². The zero-order chi connectivity index (χ0) is 13.8. The molecule has 7 heteroatoms.